The van der Waals surface area contributed by atoms with Crippen LogP contribution >= 0.6 is 0 Å². The molecule has 2 aliphatic heterocycles. The Morgan fingerprint density at radius 3 is 2.42 bits per heavy atom. The summed E-state index contributed by atoms with van der Waals surface area (Å²) in [5, 5.41) is 23.1. The van der Waals surface area contributed by atoms with Crippen LogP contribution in [0.2, 0.25) is 0 Å². The summed E-state index contributed by atoms with van der Waals surface area (Å²) < 4.78 is 31.5. The van der Waals surface area contributed by atoms with E-state index in [-0.39, 0.29) is 60.5 Å². The summed E-state index contributed by atoms with van der Waals surface area (Å²) in [5.41, 5.74) is -1.12. The van der Waals surface area contributed by atoms with Gasteiger partial charge in [-0.3, -0.25) is 4.79 Å². The molecule has 242 valence electrons. The number of fused-ring (bicyclic) bond motifs is 3. The van der Waals surface area contributed by atoms with E-state index in [2.05, 4.69) is 34.3 Å². The van der Waals surface area contributed by atoms with Crippen LogP contribution in [0.4, 0.5) is 0 Å². The highest BCUT2D eigenvalue weighted by atomic mass is 16.7. The first-order valence-electron chi connectivity index (χ1n) is 16.1. The van der Waals surface area contributed by atoms with Gasteiger partial charge in [0.25, 0.3) is 0 Å². The van der Waals surface area contributed by atoms with Crippen molar-refractivity contribution < 1.29 is 43.5 Å². The van der Waals surface area contributed by atoms with Gasteiger partial charge in [0.1, 0.15) is 12.2 Å². The van der Waals surface area contributed by atoms with Crippen molar-refractivity contribution in [3.8, 4) is 0 Å². The van der Waals surface area contributed by atoms with Gasteiger partial charge in [-0.2, -0.15) is 0 Å². The lowest BCUT2D eigenvalue weighted by molar-refractivity contribution is -0.361. The van der Waals surface area contributed by atoms with Crippen molar-refractivity contribution in [1.29, 1.82) is 0 Å². The van der Waals surface area contributed by atoms with Gasteiger partial charge in [0.05, 0.1) is 24.4 Å². The lowest BCUT2D eigenvalue weighted by atomic mass is 9.51. The Bertz CT molecular complexity index is 1150. The minimum absolute atomic E-state index is 0.134. The maximum Gasteiger partial charge on any atom is 0.335 e. The standard InChI is InChI=1S/C34H52O9/c1-11-25-40-22-13-24-34(15-39-24,43-21(8)35)28-20(7)33(32(9,10)38)14-23(41-31(37)29(36)17(4)12-16(2)3)18(5)27(33)19(6)30(42-25)26(22)28/h11,16-17,19-20,22-26,28-30,36,38H,1,12-15H2,2-10H3/t17-,19-,20-,22-,23?,24+,25?,26?,28-,29?,30-,33+,34-/m0/s1. The van der Waals surface area contributed by atoms with Crippen LogP contribution in [0.1, 0.15) is 81.6 Å². The first kappa shape index (κ1) is 32.6. The van der Waals surface area contributed by atoms with Gasteiger partial charge in [-0.05, 0) is 56.6 Å². The molecule has 0 aromatic heterocycles. The van der Waals surface area contributed by atoms with E-state index >= 15 is 0 Å². The lowest BCUT2D eigenvalue weighted by Crippen LogP contribution is -2.75. The fraction of sp³-hybridized carbons (Fsp3) is 0.824. The fourth-order valence-corrected chi connectivity index (χ4v) is 9.96. The second kappa shape index (κ2) is 11.2. The van der Waals surface area contributed by atoms with Gasteiger partial charge in [0.15, 0.2) is 18.0 Å². The first-order valence-corrected chi connectivity index (χ1v) is 16.1. The molecule has 0 spiro atoms. The molecule has 0 amide bonds. The molecule has 0 radical (unpaired) electrons. The average Bonchev–Trinajstić information content (AvgIpc) is 3.17. The Balaban J connectivity index is 1.63. The SMILES string of the molecule is C=CC1O[C@H]2C[C@H]3OC[C@@]3(OC(C)=O)[C@@H]3C2[C@@H](O1)[C@@H](C)C1=C(C)C(OC(=O)C(O)[C@@H](C)CC(C)C)C[C@@]1(C(C)(C)O)[C@H]3C. The fourth-order valence-electron chi connectivity index (χ4n) is 9.96. The molecule has 3 aliphatic carbocycles. The maximum absolute atomic E-state index is 13.3. The second-order valence-electron chi connectivity index (χ2n) is 15.0. The number of ether oxygens (including phenoxy) is 5. The molecular formula is C34H52O9. The van der Waals surface area contributed by atoms with Gasteiger partial charge in [-0.15, -0.1) is 0 Å². The molecule has 9 nitrogen and oxygen atoms in total. The average molecular weight is 605 g/mol. The van der Waals surface area contributed by atoms with Crippen molar-refractivity contribution in [3.63, 3.8) is 0 Å². The third-order valence-electron chi connectivity index (χ3n) is 11.5. The number of esters is 2. The largest absolute Gasteiger partial charge is 0.456 e. The van der Waals surface area contributed by atoms with Gasteiger partial charge < -0.3 is 33.9 Å². The van der Waals surface area contributed by atoms with Crippen LogP contribution in [0.3, 0.4) is 0 Å². The van der Waals surface area contributed by atoms with E-state index in [1.165, 1.54) is 6.92 Å². The molecule has 2 saturated carbocycles. The third-order valence-corrected chi connectivity index (χ3v) is 11.5. The van der Waals surface area contributed by atoms with Gasteiger partial charge in [-0.1, -0.05) is 46.8 Å². The van der Waals surface area contributed by atoms with Crippen molar-refractivity contribution in [2.45, 2.75) is 130 Å². The molecule has 43 heavy (non-hydrogen) atoms. The lowest BCUT2D eigenvalue weighted by Gasteiger charge is -2.64. The second-order valence-corrected chi connectivity index (χ2v) is 15.0. The minimum Gasteiger partial charge on any atom is -0.456 e. The number of aliphatic hydroxyl groups excluding tert-OH is 1. The Kier molecular flexibility index (Phi) is 8.52. The van der Waals surface area contributed by atoms with Gasteiger partial charge in [-0.25, -0.2) is 4.79 Å². The van der Waals surface area contributed by atoms with E-state index < -0.39 is 41.1 Å². The Labute approximate surface area is 256 Å². The summed E-state index contributed by atoms with van der Waals surface area (Å²) >= 11 is 0. The monoisotopic (exact) mass is 604 g/mol. The molecule has 0 bridgehead atoms. The molecule has 13 atom stereocenters. The predicted octanol–water partition coefficient (Wildman–Crippen LogP) is 4.34. The molecule has 0 aromatic carbocycles. The third kappa shape index (κ3) is 4.93. The molecule has 2 saturated heterocycles. The molecule has 5 aliphatic rings. The van der Waals surface area contributed by atoms with E-state index in [1.807, 2.05) is 27.7 Å². The van der Waals surface area contributed by atoms with Crippen molar-refractivity contribution in [1.82, 2.24) is 0 Å². The number of carbonyl (C=O) groups is 2. The van der Waals surface area contributed by atoms with Crippen molar-refractivity contribution in [2.75, 3.05) is 6.61 Å². The zero-order valence-electron chi connectivity index (χ0n) is 27.3. The zero-order valence-corrected chi connectivity index (χ0v) is 27.3. The van der Waals surface area contributed by atoms with E-state index in [9.17, 15) is 19.8 Å². The molecule has 2 heterocycles. The zero-order chi connectivity index (χ0) is 31.8. The highest BCUT2D eigenvalue weighted by Crippen LogP contribution is 2.68. The van der Waals surface area contributed by atoms with E-state index in [4.69, 9.17) is 23.7 Å². The van der Waals surface area contributed by atoms with Crippen LogP contribution in [0.15, 0.2) is 23.8 Å². The van der Waals surface area contributed by atoms with Crippen molar-refractivity contribution in [3.05, 3.63) is 23.8 Å². The van der Waals surface area contributed by atoms with E-state index in [0.717, 1.165) is 11.1 Å². The summed E-state index contributed by atoms with van der Waals surface area (Å²) in [7, 11) is 0. The quantitative estimate of drug-likeness (QED) is 0.308. The molecule has 9 heteroatoms. The Morgan fingerprint density at radius 2 is 1.88 bits per heavy atom. The molecular weight excluding hydrogens is 552 g/mol. The first-order chi connectivity index (χ1) is 20.0. The highest BCUT2D eigenvalue weighted by molar-refractivity contribution is 5.75. The van der Waals surface area contributed by atoms with Crippen LogP contribution in [0.5, 0.6) is 0 Å². The van der Waals surface area contributed by atoms with Gasteiger partial charge in [0.2, 0.25) is 0 Å². The summed E-state index contributed by atoms with van der Waals surface area (Å²) in [6, 6.07) is 0. The van der Waals surface area contributed by atoms with Crippen LogP contribution in [-0.4, -0.2) is 76.8 Å². The number of hydrogen-bond acceptors (Lipinski definition) is 9. The minimum atomic E-state index is -1.25. The van der Waals surface area contributed by atoms with Gasteiger partial charge in [0, 0.05) is 42.9 Å². The van der Waals surface area contributed by atoms with Crippen LogP contribution < -0.4 is 0 Å². The van der Waals surface area contributed by atoms with Gasteiger partial charge >= 0.3 is 11.9 Å². The molecule has 5 rings (SSSR count). The number of aliphatic hydroxyl groups is 2. The molecule has 2 N–H and O–H groups in total. The highest BCUT2D eigenvalue weighted by Gasteiger charge is 2.74. The van der Waals surface area contributed by atoms with Crippen molar-refractivity contribution in [2.24, 2.45) is 40.9 Å². The number of hydrogen-bond donors (Lipinski definition) is 2. The van der Waals surface area contributed by atoms with Crippen LogP contribution in [0.25, 0.3) is 0 Å². The van der Waals surface area contributed by atoms with Crippen LogP contribution in [0, 0.1) is 40.9 Å². The summed E-state index contributed by atoms with van der Waals surface area (Å²) in [6.45, 7) is 21.5. The summed E-state index contributed by atoms with van der Waals surface area (Å²) in [6.07, 6.45) is -0.119. The van der Waals surface area contributed by atoms with E-state index in [1.54, 1.807) is 6.08 Å². The molecule has 4 fully saturated rings. The Morgan fingerprint density at radius 1 is 1.21 bits per heavy atom. The number of carbonyl (C=O) groups excluding carboxylic acids is 2. The normalized spacial score (nSPS) is 43.4. The topological polar surface area (TPSA) is 121 Å². The molecule has 4 unspecified atom stereocenters. The van der Waals surface area contributed by atoms with E-state index in [0.29, 0.717) is 25.2 Å². The van der Waals surface area contributed by atoms with Crippen molar-refractivity contribution >= 4 is 11.9 Å². The molecule has 0 aromatic rings. The smallest absolute Gasteiger partial charge is 0.335 e. The predicted molar refractivity (Wildman–Crippen MR) is 158 cm³/mol. The summed E-state index contributed by atoms with van der Waals surface area (Å²) in [4.78, 5) is 25.9. The number of rotatable bonds is 8. The summed E-state index contributed by atoms with van der Waals surface area (Å²) in [5.74, 6) is -1.77. The Hall–Kier alpha value is -1.78. The maximum atomic E-state index is 13.3. The van der Waals surface area contributed by atoms with Crippen LogP contribution in [-0.2, 0) is 33.3 Å².